The Morgan fingerprint density at radius 1 is 0.525 bits per heavy atom. The Labute approximate surface area is 232 Å². The lowest BCUT2D eigenvalue weighted by atomic mass is 9.79. The molecule has 0 spiro atoms. The molecule has 3 aliphatic heterocycles. The Hall–Kier alpha value is -3.94. The number of amidine groups is 2. The van der Waals surface area contributed by atoms with Crippen molar-refractivity contribution in [3.05, 3.63) is 59.5 Å². The van der Waals surface area contributed by atoms with Crippen LogP contribution in [0.3, 0.4) is 0 Å². The van der Waals surface area contributed by atoms with Crippen molar-refractivity contribution in [1.29, 1.82) is 0 Å². The first kappa shape index (κ1) is 22.8. The van der Waals surface area contributed by atoms with Crippen molar-refractivity contribution in [2.45, 2.75) is 63.7 Å². The topological polar surface area (TPSA) is 105 Å². The van der Waals surface area contributed by atoms with Crippen LogP contribution in [-0.4, -0.2) is 34.0 Å². The van der Waals surface area contributed by atoms with Gasteiger partial charge in [-0.2, -0.15) is 0 Å². The van der Waals surface area contributed by atoms with Crippen molar-refractivity contribution in [1.82, 2.24) is 9.97 Å². The molecule has 2 fully saturated rings. The third-order valence-electron chi connectivity index (χ3n) is 10.1. The summed E-state index contributed by atoms with van der Waals surface area (Å²) in [5.74, 6) is 5.61. The fourth-order valence-electron chi connectivity index (χ4n) is 8.14. The number of nitrogens with zero attached hydrogens (tertiary/aromatic N) is 4. The van der Waals surface area contributed by atoms with Crippen molar-refractivity contribution in [3.8, 4) is 0 Å². The summed E-state index contributed by atoms with van der Waals surface area (Å²) < 4.78 is 0. The molecule has 0 saturated heterocycles. The van der Waals surface area contributed by atoms with E-state index in [0.29, 0.717) is 23.7 Å². The zero-order valence-corrected chi connectivity index (χ0v) is 22.5. The highest BCUT2D eigenvalue weighted by Gasteiger charge is 2.42. The van der Waals surface area contributed by atoms with Crippen LogP contribution in [0, 0.1) is 23.7 Å². The summed E-state index contributed by atoms with van der Waals surface area (Å²) in [5, 5.41) is 12.3. The smallest absolute Gasteiger partial charge is 0.141 e. The van der Waals surface area contributed by atoms with E-state index in [-0.39, 0.29) is 12.3 Å². The van der Waals surface area contributed by atoms with E-state index in [4.69, 9.17) is 20.0 Å². The first-order chi connectivity index (χ1) is 19.8. The first-order valence-corrected chi connectivity index (χ1v) is 15.1. The van der Waals surface area contributed by atoms with E-state index in [1.54, 1.807) is 0 Å². The summed E-state index contributed by atoms with van der Waals surface area (Å²) >= 11 is 0. The second-order valence-corrected chi connectivity index (χ2v) is 12.3. The monoisotopic (exact) mass is 530 g/mol. The number of rotatable bonds is 0. The predicted octanol–water partition coefficient (Wildman–Crippen LogP) is 5.52. The van der Waals surface area contributed by atoms with Crippen LogP contribution >= 0.6 is 0 Å². The van der Waals surface area contributed by atoms with Crippen molar-refractivity contribution in [3.63, 3.8) is 0 Å². The second kappa shape index (κ2) is 8.78. The first-order valence-electron chi connectivity index (χ1n) is 15.1. The SMILES string of the molecule is c1ccc2c3[nH]c(c2c1)NC1N=C(N=c2[nH]c(c4ccccc24)=NC2=NC(N3)C3CCCCC23)C2CCCCC12. The minimum Gasteiger partial charge on any atom is -0.349 e. The van der Waals surface area contributed by atoms with Crippen LogP contribution in [0.5, 0.6) is 0 Å². The minimum absolute atomic E-state index is 0.00363. The largest absolute Gasteiger partial charge is 0.349 e. The maximum Gasteiger partial charge on any atom is 0.141 e. The third-order valence-corrected chi connectivity index (χ3v) is 10.1. The molecule has 6 unspecified atom stereocenters. The third kappa shape index (κ3) is 3.44. The molecule has 40 heavy (non-hydrogen) atoms. The molecule has 2 aromatic heterocycles. The quantitative estimate of drug-likeness (QED) is 0.241. The summed E-state index contributed by atoms with van der Waals surface area (Å²) in [6, 6.07) is 17.1. The Kier molecular flexibility index (Phi) is 5.01. The highest BCUT2D eigenvalue weighted by atomic mass is 15.2. The molecule has 0 radical (unpaired) electrons. The fourth-order valence-corrected chi connectivity index (χ4v) is 8.14. The van der Waals surface area contributed by atoms with Crippen LogP contribution in [0.15, 0.2) is 68.5 Å². The Morgan fingerprint density at radius 2 is 0.975 bits per heavy atom. The van der Waals surface area contributed by atoms with Gasteiger partial charge in [-0.1, -0.05) is 74.2 Å². The number of aromatic nitrogens is 2. The number of fused-ring (bicyclic) bond motifs is 18. The molecule has 2 aliphatic carbocycles. The summed E-state index contributed by atoms with van der Waals surface area (Å²) in [5.41, 5.74) is 1.73. The highest BCUT2D eigenvalue weighted by molar-refractivity contribution is 6.02. The average molecular weight is 531 g/mol. The van der Waals surface area contributed by atoms with Gasteiger partial charge in [-0.05, 0) is 25.7 Å². The van der Waals surface area contributed by atoms with E-state index in [1.165, 1.54) is 49.3 Å². The molecule has 8 nitrogen and oxygen atoms in total. The van der Waals surface area contributed by atoms with Gasteiger partial charge in [0.25, 0.3) is 0 Å². The lowest BCUT2D eigenvalue weighted by Gasteiger charge is -2.29. The predicted molar refractivity (Wildman–Crippen MR) is 159 cm³/mol. The molecule has 5 aliphatic rings. The van der Waals surface area contributed by atoms with Gasteiger partial charge in [0.1, 0.15) is 46.6 Å². The highest BCUT2D eigenvalue weighted by Crippen LogP contribution is 2.43. The van der Waals surface area contributed by atoms with Crippen LogP contribution in [0.2, 0.25) is 0 Å². The average Bonchev–Trinajstić information content (AvgIpc) is 3.73. The zero-order chi connectivity index (χ0) is 26.2. The van der Waals surface area contributed by atoms with Gasteiger partial charge < -0.3 is 20.6 Å². The molecule has 2 saturated carbocycles. The number of nitrogens with one attached hydrogen (secondary N) is 4. The van der Waals surface area contributed by atoms with Gasteiger partial charge in [0.15, 0.2) is 0 Å². The second-order valence-electron chi connectivity index (χ2n) is 12.3. The Bertz CT molecular complexity index is 1700. The van der Waals surface area contributed by atoms with Crippen molar-refractivity contribution >= 4 is 44.9 Å². The molecule has 6 atom stereocenters. The maximum absolute atomic E-state index is 5.27. The minimum atomic E-state index is -0.00363. The van der Waals surface area contributed by atoms with E-state index in [0.717, 1.165) is 57.9 Å². The molecule has 8 heteroatoms. The number of anilines is 2. The van der Waals surface area contributed by atoms with Crippen molar-refractivity contribution < 1.29 is 0 Å². The van der Waals surface area contributed by atoms with E-state index in [9.17, 15) is 0 Å². The van der Waals surface area contributed by atoms with Gasteiger partial charge in [0.05, 0.1) is 0 Å². The normalized spacial score (nSPS) is 30.8. The van der Waals surface area contributed by atoms with Crippen LogP contribution in [0.1, 0.15) is 51.4 Å². The maximum atomic E-state index is 5.27. The number of hydrogen-bond donors (Lipinski definition) is 4. The number of hydrogen-bond acceptors (Lipinski definition) is 6. The number of aliphatic imine (C=N–C) groups is 2. The van der Waals surface area contributed by atoms with E-state index < -0.39 is 0 Å². The molecule has 202 valence electrons. The molecule has 8 bridgehead atoms. The lowest BCUT2D eigenvalue weighted by Crippen LogP contribution is -2.32. The van der Waals surface area contributed by atoms with E-state index >= 15 is 0 Å². The summed E-state index contributed by atoms with van der Waals surface area (Å²) in [6.45, 7) is 0. The van der Waals surface area contributed by atoms with Crippen LogP contribution < -0.4 is 21.6 Å². The lowest BCUT2D eigenvalue weighted by molar-refractivity contribution is 0.292. The van der Waals surface area contributed by atoms with Crippen LogP contribution in [-0.2, 0) is 0 Å². The van der Waals surface area contributed by atoms with Crippen molar-refractivity contribution in [2.24, 2.45) is 43.6 Å². The van der Waals surface area contributed by atoms with Gasteiger partial charge in [0.2, 0.25) is 0 Å². The standard InChI is InChI=1S/C32H34N8/c1-2-10-18-17(9-1)25-33-26(18)38-28-21-13-5-6-14-22(21)30(35-28)40-32-24-16-8-7-15-23(24)31(36-32)39-29-20-12-4-3-11-19(20)27(34-29)37-25/h1-2,7-10,15-16,19-22,27-28,33,37-38H,3-6,11-14H2,(H,34,35,36,39,40). The van der Waals surface area contributed by atoms with Crippen LogP contribution in [0.25, 0.3) is 21.5 Å². The fraction of sp³-hybridized carbons (Fsp3) is 0.438. The molecular formula is C32H34N8. The van der Waals surface area contributed by atoms with Crippen molar-refractivity contribution in [2.75, 3.05) is 10.6 Å². The summed E-state index contributed by atoms with van der Waals surface area (Å²) in [6.07, 6.45) is 9.58. The summed E-state index contributed by atoms with van der Waals surface area (Å²) in [4.78, 5) is 28.4. The van der Waals surface area contributed by atoms with E-state index in [2.05, 4.69) is 69.1 Å². The van der Waals surface area contributed by atoms with Gasteiger partial charge in [-0.25, -0.2) is 20.0 Å². The Morgan fingerprint density at radius 3 is 1.48 bits per heavy atom. The molecule has 4 aromatic rings. The summed E-state index contributed by atoms with van der Waals surface area (Å²) in [7, 11) is 0. The van der Waals surface area contributed by atoms with Gasteiger partial charge >= 0.3 is 0 Å². The Balaban J connectivity index is 1.29. The van der Waals surface area contributed by atoms with Crippen LogP contribution in [0.4, 0.5) is 11.6 Å². The molecule has 4 N–H and O–H groups in total. The zero-order valence-electron chi connectivity index (χ0n) is 22.5. The molecular weight excluding hydrogens is 496 g/mol. The molecule has 9 rings (SSSR count). The molecule has 2 aromatic carbocycles. The number of H-pyrrole nitrogens is 2. The van der Waals surface area contributed by atoms with Gasteiger partial charge in [-0.3, -0.25) is 0 Å². The number of aromatic amines is 2. The van der Waals surface area contributed by atoms with Gasteiger partial charge in [0, 0.05) is 45.2 Å². The molecule has 0 amide bonds. The number of benzene rings is 2. The van der Waals surface area contributed by atoms with E-state index in [1.807, 2.05) is 0 Å². The molecule has 5 heterocycles. The van der Waals surface area contributed by atoms with Gasteiger partial charge in [-0.15, -0.1) is 0 Å².